The van der Waals surface area contributed by atoms with Gasteiger partial charge in [0, 0.05) is 9.49 Å². The zero-order valence-electron chi connectivity index (χ0n) is 9.87. The van der Waals surface area contributed by atoms with Gasteiger partial charge in [0.05, 0.1) is 5.69 Å². The lowest BCUT2D eigenvalue weighted by Gasteiger charge is -2.28. The van der Waals surface area contributed by atoms with Gasteiger partial charge < -0.3 is 10.6 Å². The lowest BCUT2D eigenvalue weighted by Crippen LogP contribution is -2.41. The molecule has 1 aliphatic rings. The van der Waals surface area contributed by atoms with Crippen LogP contribution in [-0.4, -0.2) is 19.0 Å². The first-order valence-corrected chi connectivity index (χ1v) is 7.02. The summed E-state index contributed by atoms with van der Waals surface area (Å²) in [4.78, 5) is 12.2. The van der Waals surface area contributed by atoms with Crippen LogP contribution < -0.4 is 10.6 Å². The summed E-state index contributed by atoms with van der Waals surface area (Å²) in [7, 11) is 0. The molecule has 17 heavy (non-hydrogen) atoms. The molecule has 1 heterocycles. The number of anilines is 1. The molecule has 2 atom stereocenters. The average Bonchev–Trinajstić information content (AvgIpc) is 2.32. The third-order valence-electron chi connectivity index (χ3n) is 3.25. The number of carbonyl (C=O) groups is 1. The molecule has 1 aromatic carbocycles. The largest absolute Gasteiger partial charge is 0.325 e. The fourth-order valence-corrected chi connectivity index (χ4v) is 2.71. The summed E-state index contributed by atoms with van der Waals surface area (Å²) in [6.45, 7) is 4.00. The van der Waals surface area contributed by atoms with Crippen LogP contribution in [0.25, 0.3) is 0 Å². The maximum absolute atomic E-state index is 12.2. The molecule has 2 unspecified atom stereocenters. The first-order chi connectivity index (χ1) is 8.18. The van der Waals surface area contributed by atoms with E-state index in [0.29, 0.717) is 5.92 Å². The number of piperidine rings is 1. The Morgan fingerprint density at radius 1 is 1.47 bits per heavy atom. The van der Waals surface area contributed by atoms with E-state index in [0.717, 1.165) is 28.8 Å². The molecular formula is C13H17IN2O. The number of amides is 1. The highest BCUT2D eigenvalue weighted by molar-refractivity contribution is 14.1. The van der Waals surface area contributed by atoms with Crippen molar-refractivity contribution >= 4 is 34.2 Å². The Labute approximate surface area is 116 Å². The summed E-state index contributed by atoms with van der Waals surface area (Å²) in [6.07, 6.45) is 0.927. The van der Waals surface area contributed by atoms with Crippen LogP contribution in [0.4, 0.5) is 5.69 Å². The van der Waals surface area contributed by atoms with Gasteiger partial charge in [-0.05, 0) is 60.2 Å². The Morgan fingerprint density at radius 2 is 2.24 bits per heavy atom. The molecule has 2 rings (SSSR count). The van der Waals surface area contributed by atoms with Crippen LogP contribution in [0.1, 0.15) is 13.3 Å². The number of hydrogen-bond donors (Lipinski definition) is 2. The third-order valence-corrected chi connectivity index (χ3v) is 4.19. The van der Waals surface area contributed by atoms with Crippen LogP contribution >= 0.6 is 22.6 Å². The number of para-hydroxylation sites is 1. The average molecular weight is 344 g/mol. The number of halogens is 1. The standard InChI is InChI=1S/C13H17IN2O/c1-9-8-15-7-6-10(9)13(17)16-12-5-3-2-4-11(12)14/h2-5,9-10,15H,6-8H2,1H3,(H,16,17). The highest BCUT2D eigenvalue weighted by Gasteiger charge is 2.27. The van der Waals surface area contributed by atoms with Gasteiger partial charge in [0.2, 0.25) is 5.91 Å². The molecule has 0 spiro atoms. The van der Waals surface area contributed by atoms with Crippen molar-refractivity contribution in [2.45, 2.75) is 13.3 Å². The molecule has 0 radical (unpaired) electrons. The maximum Gasteiger partial charge on any atom is 0.227 e. The highest BCUT2D eigenvalue weighted by atomic mass is 127. The lowest BCUT2D eigenvalue weighted by atomic mass is 9.87. The Hall–Kier alpha value is -0.620. The van der Waals surface area contributed by atoms with E-state index in [-0.39, 0.29) is 11.8 Å². The van der Waals surface area contributed by atoms with Gasteiger partial charge in [0.25, 0.3) is 0 Å². The monoisotopic (exact) mass is 344 g/mol. The van der Waals surface area contributed by atoms with Gasteiger partial charge in [-0.1, -0.05) is 19.1 Å². The summed E-state index contributed by atoms with van der Waals surface area (Å²) in [5, 5.41) is 6.35. The molecule has 1 saturated heterocycles. The van der Waals surface area contributed by atoms with Crippen LogP contribution in [0.15, 0.2) is 24.3 Å². The molecule has 92 valence electrons. The van der Waals surface area contributed by atoms with E-state index < -0.39 is 0 Å². The van der Waals surface area contributed by atoms with E-state index in [2.05, 4.69) is 40.1 Å². The van der Waals surface area contributed by atoms with Crippen molar-refractivity contribution in [2.75, 3.05) is 18.4 Å². The van der Waals surface area contributed by atoms with Crippen LogP contribution in [-0.2, 0) is 4.79 Å². The number of rotatable bonds is 2. The van der Waals surface area contributed by atoms with E-state index >= 15 is 0 Å². The molecule has 1 aliphatic heterocycles. The van der Waals surface area contributed by atoms with Crippen LogP contribution in [0.2, 0.25) is 0 Å². The second-order valence-corrected chi connectivity index (χ2v) is 5.71. The number of hydrogen-bond acceptors (Lipinski definition) is 2. The van der Waals surface area contributed by atoms with E-state index in [1.165, 1.54) is 0 Å². The summed E-state index contributed by atoms with van der Waals surface area (Å²) in [6, 6.07) is 7.88. The van der Waals surface area contributed by atoms with Gasteiger partial charge in [0.1, 0.15) is 0 Å². The van der Waals surface area contributed by atoms with Crippen molar-refractivity contribution in [3.05, 3.63) is 27.8 Å². The minimum Gasteiger partial charge on any atom is -0.325 e. The summed E-state index contributed by atoms with van der Waals surface area (Å²) < 4.78 is 1.08. The molecule has 0 aromatic heterocycles. The molecule has 1 aromatic rings. The quantitative estimate of drug-likeness (QED) is 0.810. The molecule has 3 nitrogen and oxygen atoms in total. The fourth-order valence-electron chi connectivity index (χ4n) is 2.19. The Bertz CT molecular complexity index is 408. The topological polar surface area (TPSA) is 41.1 Å². The van der Waals surface area contributed by atoms with Gasteiger partial charge in [0.15, 0.2) is 0 Å². The molecule has 0 bridgehead atoms. The summed E-state index contributed by atoms with van der Waals surface area (Å²) in [5.41, 5.74) is 0.920. The number of benzene rings is 1. The zero-order chi connectivity index (χ0) is 12.3. The van der Waals surface area contributed by atoms with E-state index in [1.807, 2.05) is 24.3 Å². The van der Waals surface area contributed by atoms with Gasteiger partial charge in [-0.3, -0.25) is 4.79 Å². The van der Waals surface area contributed by atoms with E-state index in [9.17, 15) is 4.79 Å². The molecule has 1 amide bonds. The van der Waals surface area contributed by atoms with E-state index in [1.54, 1.807) is 0 Å². The van der Waals surface area contributed by atoms with Crippen LogP contribution in [0.3, 0.4) is 0 Å². The van der Waals surface area contributed by atoms with E-state index in [4.69, 9.17) is 0 Å². The van der Waals surface area contributed by atoms with Crippen molar-refractivity contribution in [2.24, 2.45) is 11.8 Å². The molecule has 2 N–H and O–H groups in total. The van der Waals surface area contributed by atoms with Crippen molar-refractivity contribution in [1.29, 1.82) is 0 Å². The minimum atomic E-state index is 0.132. The number of nitrogens with one attached hydrogen (secondary N) is 2. The van der Waals surface area contributed by atoms with Gasteiger partial charge >= 0.3 is 0 Å². The third kappa shape index (κ3) is 3.19. The van der Waals surface area contributed by atoms with Gasteiger partial charge in [-0.25, -0.2) is 0 Å². The molecule has 4 heteroatoms. The SMILES string of the molecule is CC1CNCCC1C(=O)Nc1ccccc1I. The van der Waals surface area contributed by atoms with Gasteiger partial charge in [-0.2, -0.15) is 0 Å². The first-order valence-electron chi connectivity index (χ1n) is 5.94. The predicted molar refractivity (Wildman–Crippen MR) is 77.9 cm³/mol. The van der Waals surface area contributed by atoms with Crippen molar-refractivity contribution in [3.8, 4) is 0 Å². The fraction of sp³-hybridized carbons (Fsp3) is 0.462. The summed E-state index contributed by atoms with van der Waals surface area (Å²) >= 11 is 2.24. The minimum absolute atomic E-state index is 0.132. The zero-order valence-corrected chi connectivity index (χ0v) is 12.0. The first kappa shape index (κ1) is 12.8. The normalized spacial score (nSPS) is 24.4. The van der Waals surface area contributed by atoms with Gasteiger partial charge in [-0.15, -0.1) is 0 Å². The molecular weight excluding hydrogens is 327 g/mol. The number of carbonyl (C=O) groups excluding carboxylic acids is 1. The van der Waals surface area contributed by atoms with Crippen LogP contribution in [0.5, 0.6) is 0 Å². The lowest BCUT2D eigenvalue weighted by molar-refractivity contribution is -0.122. The van der Waals surface area contributed by atoms with Crippen molar-refractivity contribution in [1.82, 2.24) is 5.32 Å². The second-order valence-electron chi connectivity index (χ2n) is 4.55. The summed E-state index contributed by atoms with van der Waals surface area (Å²) in [5.74, 6) is 0.695. The molecule has 0 aliphatic carbocycles. The maximum atomic E-state index is 12.2. The smallest absolute Gasteiger partial charge is 0.227 e. The van der Waals surface area contributed by atoms with Crippen LogP contribution in [0, 0.1) is 15.4 Å². The Kier molecular flexibility index (Phi) is 4.39. The Morgan fingerprint density at radius 3 is 2.94 bits per heavy atom. The second kappa shape index (κ2) is 5.82. The Balaban J connectivity index is 2.03. The predicted octanol–water partition coefficient (Wildman–Crippen LogP) is 2.48. The van der Waals surface area contributed by atoms with Crippen molar-refractivity contribution in [3.63, 3.8) is 0 Å². The van der Waals surface area contributed by atoms with Crippen molar-refractivity contribution < 1.29 is 4.79 Å². The highest BCUT2D eigenvalue weighted by Crippen LogP contribution is 2.23. The molecule has 0 saturated carbocycles. The molecule has 1 fully saturated rings.